The van der Waals surface area contributed by atoms with E-state index in [9.17, 15) is 18.7 Å². The Morgan fingerprint density at radius 2 is 2.00 bits per heavy atom. The number of rotatable bonds is 7. The van der Waals surface area contributed by atoms with Gasteiger partial charge in [-0.1, -0.05) is 18.9 Å². The quantitative estimate of drug-likeness (QED) is 0.813. The molecule has 1 unspecified atom stereocenters. The van der Waals surface area contributed by atoms with Crippen LogP contribution in [-0.2, 0) is 11.2 Å². The highest BCUT2D eigenvalue weighted by Crippen LogP contribution is 2.27. The van der Waals surface area contributed by atoms with E-state index in [-0.39, 0.29) is 5.91 Å². The number of aliphatic hydroxyl groups excluding tert-OH is 1. The molecule has 1 aliphatic carbocycles. The first kappa shape index (κ1) is 16.9. The van der Waals surface area contributed by atoms with Crippen LogP contribution in [0.2, 0.25) is 0 Å². The summed E-state index contributed by atoms with van der Waals surface area (Å²) >= 11 is 0. The van der Waals surface area contributed by atoms with Crippen LogP contribution in [0.4, 0.5) is 8.78 Å². The predicted molar refractivity (Wildman–Crippen MR) is 80.3 cm³/mol. The first-order valence-electron chi connectivity index (χ1n) is 7.95. The van der Waals surface area contributed by atoms with Crippen molar-refractivity contribution in [3.63, 3.8) is 0 Å². The van der Waals surface area contributed by atoms with Crippen molar-refractivity contribution < 1.29 is 18.7 Å². The van der Waals surface area contributed by atoms with Gasteiger partial charge in [-0.3, -0.25) is 4.79 Å². The van der Waals surface area contributed by atoms with Crippen LogP contribution in [0.3, 0.4) is 0 Å². The van der Waals surface area contributed by atoms with Gasteiger partial charge in [-0.15, -0.1) is 0 Å². The number of amides is 1. The van der Waals surface area contributed by atoms with E-state index >= 15 is 0 Å². The van der Waals surface area contributed by atoms with Gasteiger partial charge >= 0.3 is 0 Å². The molecule has 1 atom stereocenters. The monoisotopic (exact) mass is 311 g/mol. The second-order valence-corrected chi connectivity index (χ2v) is 6.02. The van der Waals surface area contributed by atoms with E-state index in [1.807, 2.05) is 0 Å². The zero-order valence-electron chi connectivity index (χ0n) is 12.7. The second-order valence-electron chi connectivity index (χ2n) is 6.02. The van der Waals surface area contributed by atoms with Crippen LogP contribution < -0.4 is 5.32 Å². The van der Waals surface area contributed by atoms with Gasteiger partial charge in [0.05, 0.1) is 6.10 Å². The van der Waals surface area contributed by atoms with Crippen LogP contribution in [0.25, 0.3) is 0 Å². The Bertz CT molecular complexity index is 501. The van der Waals surface area contributed by atoms with Crippen LogP contribution in [0, 0.1) is 17.6 Å². The fourth-order valence-electron chi connectivity index (χ4n) is 2.96. The topological polar surface area (TPSA) is 49.3 Å². The van der Waals surface area contributed by atoms with Crippen molar-refractivity contribution in [1.82, 2.24) is 5.32 Å². The Morgan fingerprint density at radius 3 is 2.68 bits per heavy atom. The highest BCUT2D eigenvalue weighted by molar-refractivity contribution is 5.75. The molecule has 1 saturated carbocycles. The van der Waals surface area contributed by atoms with E-state index in [0.717, 1.165) is 37.8 Å². The van der Waals surface area contributed by atoms with Crippen molar-refractivity contribution in [2.75, 3.05) is 6.54 Å². The number of aryl methyl sites for hydroxylation is 1. The second kappa shape index (κ2) is 8.22. The van der Waals surface area contributed by atoms with E-state index in [1.165, 1.54) is 6.07 Å². The van der Waals surface area contributed by atoms with Gasteiger partial charge in [0.15, 0.2) is 11.6 Å². The number of carbonyl (C=O) groups excluding carboxylic acids is 1. The summed E-state index contributed by atoms with van der Waals surface area (Å²) in [4.78, 5) is 11.7. The minimum Gasteiger partial charge on any atom is -0.391 e. The summed E-state index contributed by atoms with van der Waals surface area (Å²) < 4.78 is 25.8. The van der Waals surface area contributed by atoms with Gasteiger partial charge in [-0.2, -0.15) is 0 Å². The molecule has 1 aliphatic rings. The molecule has 1 aromatic carbocycles. The first-order chi connectivity index (χ1) is 10.6. The van der Waals surface area contributed by atoms with Crippen molar-refractivity contribution >= 4 is 5.91 Å². The Balaban J connectivity index is 1.63. The van der Waals surface area contributed by atoms with Gasteiger partial charge in [-0.05, 0) is 49.3 Å². The fourth-order valence-corrected chi connectivity index (χ4v) is 2.96. The maximum atomic E-state index is 13.0. The first-order valence-corrected chi connectivity index (χ1v) is 7.95. The smallest absolute Gasteiger partial charge is 0.220 e. The van der Waals surface area contributed by atoms with E-state index < -0.39 is 17.7 Å². The SMILES string of the molecule is O=C(CCCc1ccc(F)c(F)c1)NCC(O)C1CCCC1. The molecule has 2 rings (SSSR count). The number of hydrogen-bond acceptors (Lipinski definition) is 2. The van der Waals surface area contributed by atoms with Crippen molar-refractivity contribution in [2.45, 2.75) is 51.0 Å². The number of benzene rings is 1. The van der Waals surface area contributed by atoms with Gasteiger partial charge in [0, 0.05) is 13.0 Å². The third kappa shape index (κ3) is 5.05. The highest BCUT2D eigenvalue weighted by Gasteiger charge is 2.23. The number of aliphatic hydroxyl groups is 1. The van der Waals surface area contributed by atoms with Crippen LogP contribution in [0.5, 0.6) is 0 Å². The molecule has 0 bridgehead atoms. The van der Waals surface area contributed by atoms with Crippen LogP contribution >= 0.6 is 0 Å². The third-order valence-corrected chi connectivity index (χ3v) is 4.31. The van der Waals surface area contributed by atoms with Gasteiger partial charge in [0.2, 0.25) is 5.91 Å². The standard InChI is InChI=1S/C17H23F2NO2/c18-14-9-8-12(10-15(14)19)4-3-7-17(22)20-11-16(21)13-5-1-2-6-13/h8-10,13,16,21H,1-7,11H2,(H,20,22). The molecule has 1 amide bonds. The van der Waals surface area contributed by atoms with Crippen molar-refractivity contribution in [3.8, 4) is 0 Å². The average molecular weight is 311 g/mol. The van der Waals surface area contributed by atoms with Crippen LogP contribution in [0.15, 0.2) is 18.2 Å². The molecule has 2 N–H and O–H groups in total. The number of carbonyl (C=O) groups is 1. The predicted octanol–water partition coefficient (Wildman–Crippen LogP) is 2.95. The molecule has 0 spiro atoms. The molecule has 3 nitrogen and oxygen atoms in total. The average Bonchev–Trinajstić information content (AvgIpc) is 3.03. The van der Waals surface area contributed by atoms with E-state index in [1.54, 1.807) is 0 Å². The normalized spacial score (nSPS) is 16.7. The molecule has 0 heterocycles. The Labute approximate surface area is 129 Å². The van der Waals surface area contributed by atoms with Gasteiger partial charge in [0.25, 0.3) is 0 Å². The molecule has 5 heteroatoms. The lowest BCUT2D eigenvalue weighted by Crippen LogP contribution is -2.35. The van der Waals surface area contributed by atoms with Crippen molar-refractivity contribution in [2.24, 2.45) is 5.92 Å². The minimum absolute atomic E-state index is 0.111. The lowest BCUT2D eigenvalue weighted by Gasteiger charge is -2.18. The van der Waals surface area contributed by atoms with Crippen molar-refractivity contribution in [3.05, 3.63) is 35.4 Å². The van der Waals surface area contributed by atoms with Crippen LogP contribution in [0.1, 0.15) is 44.1 Å². The summed E-state index contributed by atoms with van der Waals surface area (Å²) in [5, 5.41) is 12.7. The zero-order chi connectivity index (χ0) is 15.9. The van der Waals surface area contributed by atoms with Crippen molar-refractivity contribution in [1.29, 1.82) is 0 Å². The van der Waals surface area contributed by atoms with E-state index in [0.29, 0.717) is 37.3 Å². The summed E-state index contributed by atoms with van der Waals surface area (Å²) in [7, 11) is 0. The highest BCUT2D eigenvalue weighted by atomic mass is 19.2. The number of halogens is 2. The molecule has 1 fully saturated rings. The summed E-state index contributed by atoms with van der Waals surface area (Å²) in [5.41, 5.74) is 0.678. The lowest BCUT2D eigenvalue weighted by molar-refractivity contribution is -0.121. The zero-order valence-corrected chi connectivity index (χ0v) is 12.7. The molecule has 0 saturated heterocycles. The summed E-state index contributed by atoms with van der Waals surface area (Å²) in [6.07, 6.45) is 5.33. The third-order valence-electron chi connectivity index (χ3n) is 4.31. The summed E-state index contributed by atoms with van der Waals surface area (Å²) in [5.74, 6) is -1.52. The Hall–Kier alpha value is -1.49. The maximum Gasteiger partial charge on any atom is 0.220 e. The summed E-state index contributed by atoms with van der Waals surface area (Å²) in [6.45, 7) is 0.300. The molecule has 0 aromatic heterocycles. The lowest BCUT2D eigenvalue weighted by atomic mass is 10.0. The summed E-state index contributed by atoms with van der Waals surface area (Å²) in [6, 6.07) is 3.79. The Kier molecular flexibility index (Phi) is 6.31. The van der Waals surface area contributed by atoms with Gasteiger partial charge < -0.3 is 10.4 Å². The molecule has 22 heavy (non-hydrogen) atoms. The fraction of sp³-hybridized carbons (Fsp3) is 0.588. The molecule has 1 aromatic rings. The molecular formula is C17H23F2NO2. The van der Waals surface area contributed by atoms with Gasteiger partial charge in [-0.25, -0.2) is 8.78 Å². The number of hydrogen-bond donors (Lipinski definition) is 2. The minimum atomic E-state index is -0.860. The molecule has 0 aliphatic heterocycles. The van der Waals surface area contributed by atoms with E-state index in [4.69, 9.17) is 0 Å². The molecular weight excluding hydrogens is 288 g/mol. The van der Waals surface area contributed by atoms with Crippen LogP contribution in [-0.4, -0.2) is 23.7 Å². The van der Waals surface area contributed by atoms with E-state index in [2.05, 4.69) is 5.32 Å². The number of nitrogens with one attached hydrogen (secondary N) is 1. The van der Waals surface area contributed by atoms with Gasteiger partial charge in [0.1, 0.15) is 0 Å². The molecule has 0 radical (unpaired) electrons. The molecule has 122 valence electrons. The Morgan fingerprint density at radius 1 is 1.27 bits per heavy atom. The largest absolute Gasteiger partial charge is 0.391 e. The maximum absolute atomic E-state index is 13.0.